The van der Waals surface area contributed by atoms with Crippen LogP contribution in [0.3, 0.4) is 0 Å². The zero-order chi connectivity index (χ0) is 14.7. The zero-order valence-electron chi connectivity index (χ0n) is 12.1. The maximum absolute atomic E-state index is 11.0. The molecule has 0 spiro atoms. The molecule has 0 saturated carbocycles. The highest BCUT2D eigenvalue weighted by molar-refractivity contribution is 6.48. The fraction of sp³-hybridized carbons (Fsp3) is 0.769. The summed E-state index contributed by atoms with van der Waals surface area (Å²) in [5.41, 5.74) is 0.387. The Kier molecular flexibility index (Phi) is 10.8. The molecule has 0 fully saturated rings. The lowest BCUT2D eigenvalue weighted by molar-refractivity contribution is -0.140. The van der Waals surface area contributed by atoms with Crippen molar-refractivity contribution in [2.24, 2.45) is 5.92 Å². The van der Waals surface area contributed by atoms with E-state index < -0.39 is 15.0 Å². The van der Waals surface area contributed by atoms with Crippen LogP contribution in [-0.4, -0.2) is 52.8 Å². The van der Waals surface area contributed by atoms with Crippen molar-refractivity contribution >= 4 is 15.0 Å². The van der Waals surface area contributed by atoms with Gasteiger partial charge in [0.1, 0.15) is 6.61 Å². The van der Waals surface area contributed by atoms with Crippen LogP contribution in [0.4, 0.5) is 0 Å². The molecule has 1 unspecified atom stereocenters. The molecule has 111 valence electrons. The average Bonchev–Trinajstić information content (AvgIpc) is 2.31. The fourth-order valence-corrected chi connectivity index (χ4v) is 2.51. The van der Waals surface area contributed by atoms with Gasteiger partial charge in [-0.1, -0.05) is 13.5 Å². The minimum absolute atomic E-state index is 0.230. The molecule has 1 radical (unpaired) electrons. The molecule has 0 rings (SSSR count). The average molecular weight is 289 g/mol. The first-order valence-corrected chi connectivity index (χ1v) is 8.58. The molecule has 0 bridgehead atoms. The van der Waals surface area contributed by atoms with Gasteiger partial charge in [0, 0.05) is 12.2 Å². The predicted molar refractivity (Wildman–Crippen MR) is 75.2 cm³/mol. The maximum atomic E-state index is 11.0. The maximum Gasteiger partial charge on any atom is 0.333 e. The Bertz CT molecular complexity index is 268. The Morgan fingerprint density at radius 3 is 2.42 bits per heavy atom. The second-order valence-corrected chi connectivity index (χ2v) is 6.53. The monoisotopic (exact) mass is 289 g/mol. The third-order valence-electron chi connectivity index (χ3n) is 2.23. The molecule has 0 amide bonds. The van der Waals surface area contributed by atoms with E-state index in [9.17, 15) is 9.59 Å². The van der Waals surface area contributed by atoms with Crippen molar-refractivity contribution in [2.75, 3.05) is 33.0 Å². The van der Waals surface area contributed by atoms with Crippen LogP contribution in [0.2, 0.25) is 12.6 Å². The van der Waals surface area contributed by atoms with E-state index in [1.54, 1.807) is 6.92 Å². The summed E-state index contributed by atoms with van der Waals surface area (Å²) in [6, 6.07) is 0.836. The first kappa shape index (κ1) is 18.3. The Morgan fingerprint density at radius 2 is 1.84 bits per heavy atom. The standard InChI is InChI=1S/C13H25O5Si/c1-11(2)13(14)18-8-7-16-5-6-17-9-12(3)10-19(4)15/h12,15H,1,5-10H2,2-4H3. The number of esters is 1. The second-order valence-electron chi connectivity index (χ2n) is 4.65. The van der Waals surface area contributed by atoms with Crippen molar-refractivity contribution in [3.05, 3.63) is 12.2 Å². The van der Waals surface area contributed by atoms with Crippen LogP contribution in [0.1, 0.15) is 13.8 Å². The molecule has 0 saturated heterocycles. The highest BCUT2D eigenvalue weighted by atomic mass is 28.3. The van der Waals surface area contributed by atoms with Gasteiger partial charge >= 0.3 is 5.97 Å². The molecule has 0 aliphatic carbocycles. The van der Waals surface area contributed by atoms with E-state index in [0.717, 1.165) is 6.04 Å². The van der Waals surface area contributed by atoms with Gasteiger partial charge in [-0.3, -0.25) is 0 Å². The lowest BCUT2D eigenvalue weighted by Gasteiger charge is -2.12. The Labute approximate surface area is 117 Å². The van der Waals surface area contributed by atoms with E-state index in [1.165, 1.54) is 0 Å². The van der Waals surface area contributed by atoms with Crippen LogP contribution in [0.5, 0.6) is 0 Å². The van der Waals surface area contributed by atoms with Gasteiger partial charge in [0.05, 0.1) is 19.8 Å². The van der Waals surface area contributed by atoms with Crippen LogP contribution in [0.15, 0.2) is 12.2 Å². The zero-order valence-corrected chi connectivity index (χ0v) is 13.1. The molecular formula is C13H25O5Si. The minimum Gasteiger partial charge on any atom is -0.460 e. The normalized spacial score (nSPS) is 12.5. The Hall–Kier alpha value is -0.693. The summed E-state index contributed by atoms with van der Waals surface area (Å²) in [4.78, 5) is 20.3. The minimum atomic E-state index is -1.17. The van der Waals surface area contributed by atoms with Gasteiger partial charge in [-0.05, 0) is 25.4 Å². The topological polar surface area (TPSA) is 65.0 Å². The van der Waals surface area contributed by atoms with E-state index in [1.807, 2.05) is 6.55 Å². The van der Waals surface area contributed by atoms with Crippen molar-refractivity contribution in [3.63, 3.8) is 0 Å². The van der Waals surface area contributed by atoms with Gasteiger partial charge in [-0.15, -0.1) is 0 Å². The molecule has 0 heterocycles. The molecule has 0 aromatic rings. The third kappa shape index (κ3) is 12.1. The van der Waals surface area contributed by atoms with Gasteiger partial charge in [0.15, 0.2) is 0 Å². The second kappa shape index (κ2) is 11.2. The SMILES string of the molecule is C=C(C)C(=O)OCCOCCOCC(C)C[Si](C)O. The van der Waals surface area contributed by atoms with Crippen LogP contribution >= 0.6 is 0 Å². The number of hydrogen-bond acceptors (Lipinski definition) is 5. The van der Waals surface area contributed by atoms with E-state index in [-0.39, 0.29) is 6.61 Å². The van der Waals surface area contributed by atoms with Crippen molar-refractivity contribution in [1.29, 1.82) is 0 Å². The number of hydrogen-bond donors (Lipinski definition) is 1. The molecule has 19 heavy (non-hydrogen) atoms. The van der Waals surface area contributed by atoms with Crippen molar-refractivity contribution in [1.82, 2.24) is 0 Å². The van der Waals surface area contributed by atoms with Gasteiger partial charge < -0.3 is 19.0 Å². The lowest BCUT2D eigenvalue weighted by atomic mass is 10.2. The van der Waals surface area contributed by atoms with Crippen molar-refractivity contribution in [2.45, 2.75) is 26.4 Å². The van der Waals surface area contributed by atoms with Gasteiger partial charge in [0.25, 0.3) is 0 Å². The van der Waals surface area contributed by atoms with Crippen LogP contribution < -0.4 is 0 Å². The fourth-order valence-electron chi connectivity index (χ4n) is 1.38. The highest BCUT2D eigenvalue weighted by Crippen LogP contribution is 2.05. The number of rotatable bonds is 11. The third-order valence-corrected chi connectivity index (χ3v) is 3.52. The lowest BCUT2D eigenvalue weighted by Crippen LogP contribution is -2.17. The van der Waals surface area contributed by atoms with Gasteiger partial charge in [0.2, 0.25) is 9.04 Å². The largest absolute Gasteiger partial charge is 0.460 e. The van der Waals surface area contributed by atoms with E-state index in [2.05, 4.69) is 13.5 Å². The smallest absolute Gasteiger partial charge is 0.333 e. The quantitative estimate of drug-likeness (QED) is 0.269. The molecule has 0 aliphatic rings. The Balaban J connectivity index is 3.28. The summed E-state index contributed by atoms with van der Waals surface area (Å²) in [5.74, 6) is -0.0183. The molecule has 0 aliphatic heterocycles. The Morgan fingerprint density at radius 1 is 1.26 bits per heavy atom. The summed E-state index contributed by atoms with van der Waals surface area (Å²) in [5, 5.41) is 0. The van der Waals surface area contributed by atoms with Gasteiger partial charge in [-0.25, -0.2) is 4.79 Å². The van der Waals surface area contributed by atoms with Crippen LogP contribution in [-0.2, 0) is 19.0 Å². The summed E-state index contributed by atoms with van der Waals surface area (Å²) < 4.78 is 15.5. The van der Waals surface area contributed by atoms with Gasteiger partial charge in [-0.2, -0.15) is 0 Å². The molecule has 5 nitrogen and oxygen atoms in total. The number of carbonyl (C=O) groups excluding carboxylic acids is 1. The first-order valence-electron chi connectivity index (χ1n) is 6.43. The first-order chi connectivity index (χ1) is 8.93. The van der Waals surface area contributed by atoms with Crippen LogP contribution in [0.25, 0.3) is 0 Å². The summed E-state index contributed by atoms with van der Waals surface area (Å²) >= 11 is 0. The van der Waals surface area contributed by atoms with Crippen molar-refractivity contribution < 1.29 is 23.8 Å². The summed E-state index contributed by atoms with van der Waals surface area (Å²) in [6.45, 7) is 11.2. The highest BCUT2D eigenvalue weighted by Gasteiger charge is 2.08. The molecule has 0 aromatic heterocycles. The predicted octanol–water partition coefficient (Wildman–Crippen LogP) is 1.39. The molecule has 1 atom stereocenters. The van der Waals surface area contributed by atoms with Crippen molar-refractivity contribution in [3.8, 4) is 0 Å². The van der Waals surface area contributed by atoms with E-state index in [0.29, 0.717) is 37.9 Å². The summed E-state index contributed by atoms with van der Waals surface area (Å²) in [6.07, 6.45) is 0. The molecule has 1 N–H and O–H groups in total. The van der Waals surface area contributed by atoms with Crippen LogP contribution in [0, 0.1) is 5.92 Å². The van der Waals surface area contributed by atoms with E-state index >= 15 is 0 Å². The molecular weight excluding hydrogens is 264 g/mol. The van der Waals surface area contributed by atoms with E-state index in [4.69, 9.17) is 14.2 Å². The number of carbonyl (C=O) groups is 1. The summed E-state index contributed by atoms with van der Waals surface area (Å²) in [7, 11) is -1.17. The molecule has 6 heteroatoms. The number of ether oxygens (including phenoxy) is 3. The molecule has 0 aromatic carbocycles.